The Bertz CT molecular complexity index is 1720. The highest BCUT2D eigenvalue weighted by molar-refractivity contribution is 7.94. The predicted molar refractivity (Wildman–Crippen MR) is 176 cm³/mol. The zero-order valence-corrected chi connectivity index (χ0v) is 26.3. The number of aromatic nitrogens is 1. The molecule has 1 atom stereocenters. The van der Waals surface area contributed by atoms with Crippen LogP contribution in [0.25, 0.3) is 27.8 Å². The number of pyridine rings is 1. The zero-order valence-electron chi connectivity index (χ0n) is 24.7. The van der Waals surface area contributed by atoms with Gasteiger partial charge in [0.05, 0.1) is 11.1 Å². The molecule has 0 saturated heterocycles. The van der Waals surface area contributed by atoms with Gasteiger partial charge in [-0.25, -0.2) is 5.26 Å². The molecule has 0 bridgehead atoms. The number of allylic oxidation sites excluding steroid dienone is 4. The summed E-state index contributed by atoms with van der Waals surface area (Å²) in [5, 5.41) is 15.7. The van der Waals surface area contributed by atoms with Crippen LogP contribution in [0.1, 0.15) is 38.7 Å². The van der Waals surface area contributed by atoms with E-state index in [0.29, 0.717) is 5.75 Å². The fraction of sp³-hybridized carbons (Fsp3) is 0.265. The molecular formula is C34H37N2O5S2+. The third-order valence-electron chi connectivity index (χ3n) is 7.45. The van der Waals surface area contributed by atoms with Crippen molar-refractivity contribution in [2.45, 2.75) is 44.6 Å². The van der Waals surface area contributed by atoms with Crippen LogP contribution in [0.15, 0.2) is 101 Å². The van der Waals surface area contributed by atoms with Gasteiger partial charge in [0.15, 0.2) is 11.9 Å². The number of rotatable bonds is 13. The molecule has 0 saturated carbocycles. The lowest BCUT2D eigenvalue weighted by Crippen LogP contribution is -2.34. The SMILES string of the molecule is CCCN1/C(=C/C=C(/C=C/c2cc[n+](CCCSOOO)c3ccc4ccccc4c23)CC)Oc2ccc(S(C)=O)cc21. The molecule has 224 valence electrons. The summed E-state index contributed by atoms with van der Waals surface area (Å²) in [4.78, 5) is 2.96. The normalized spacial score (nSPS) is 15.1. The molecule has 1 aliphatic heterocycles. The van der Waals surface area contributed by atoms with Gasteiger partial charge in [0.1, 0.15) is 6.54 Å². The van der Waals surface area contributed by atoms with Gasteiger partial charge in [0, 0.05) is 64.8 Å². The highest BCUT2D eigenvalue weighted by Gasteiger charge is 2.26. The van der Waals surface area contributed by atoms with Gasteiger partial charge in [-0.2, -0.15) is 4.57 Å². The lowest BCUT2D eigenvalue weighted by atomic mass is 9.99. The van der Waals surface area contributed by atoms with E-state index in [9.17, 15) is 4.21 Å². The van der Waals surface area contributed by atoms with Crippen molar-refractivity contribution in [1.29, 1.82) is 0 Å². The summed E-state index contributed by atoms with van der Waals surface area (Å²) in [6.07, 6.45) is 15.1. The van der Waals surface area contributed by atoms with Crippen LogP contribution in [-0.4, -0.2) is 28.0 Å². The van der Waals surface area contributed by atoms with E-state index in [0.717, 1.165) is 77.7 Å². The van der Waals surface area contributed by atoms with Crippen LogP contribution < -0.4 is 14.2 Å². The maximum absolute atomic E-state index is 12.1. The summed E-state index contributed by atoms with van der Waals surface area (Å²) in [5.41, 5.74) is 4.45. The minimum Gasteiger partial charge on any atom is -0.439 e. The molecule has 1 aliphatic rings. The maximum atomic E-state index is 12.1. The summed E-state index contributed by atoms with van der Waals surface area (Å²) < 4.78 is 25.1. The second-order valence-electron chi connectivity index (χ2n) is 10.2. The van der Waals surface area contributed by atoms with Crippen LogP contribution in [0.4, 0.5) is 5.69 Å². The van der Waals surface area contributed by atoms with Crippen LogP contribution in [-0.2, 0) is 26.7 Å². The first kappa shape index (κ1) is 31.0. The smallest absolute Gasteiger partial charge is 0.213 e. The molecule has 2 heterocycles. The topological polar surface area (TPSA) is 72.1 Å². The van der Waals surface area contributed by atoms with E-state index < -0.39 is 10.8 Å². The number of anilines is 1. The zero-order chi connectivity index (χ0) is 30.2. The van der Waals surface area contributed by atoms with Gasteiger partial charge in [-0.05, 0) is 65.1 Å². The quantitative estimate of drug-likeness (QED) is 0.0310. The van der Waals surface area contributed by atoms with Crippen LogP contribution in [0.5, 0.6) is 5.75 Å². The predicted octanol–water partition coefficient (Wildman–Crippen LogP) is 7.98. The molecule has 4 aromatic rings. The summed E-state index contributed by atoms with van der Waals surface area (Å²) in [6.45, 7) is 5.92. The molecule has 0 radical (unpaired) electrons. The minimum atomic E-state index is -1.05. The Balaban J connectivity index is 1.45. The first-order chi connectivity index (χ1) is 21.0. The van der Waals surface area contributed by atoms with Gasteiger partial charge in [-0.15, -0.1) is 4.33 Å². The Hall–Kier alpha value is -3.47. The van der Waals surface area contributed by atoms with Gasteiger partial charge in [-0.3, -0.25) is 4.21 Å². The van der Waals surface area contributed by atoms with E-state index in [-0.39, 0.29) is 0 Å². The number of hydrogen-bond acceptors (Lipinski definition) is 7. The van der Waals surface area contributed by atoms with E-state index in [1.807, 2.05) is 24.3 Å². The number of ether oxygens (including phenoxy) is 1. The van der Waals surface area contributed by atoms with Crippen molar-refractivity contribution in [3.05, 3.63) is 102 Å². The largest absolute Gasteiger partial charge is 0.439 e. The van der Waals surface area contributed by atoms with Crippen molar-refractivity contribution in [1.82, 2.24) is 0 Å². The molecule has 0 spiro atoms. The van der Waals surface area contributed by atoms with Crippen molar-refractivity contribution in [3.63, 3.8) is 0 Å². The molecule has 9 heteroatoms. The Morgan fingerprint density at radius 2 is 2.00 bits per heavy atom. The molecule has 0 amide bonds. The van der Waals surface area contributed by atoms with Crippen LogP contribution in [0.2, 0.25) is 0 Å². The number of benzene rings is 3. The molecule has 1 aromatic heterocycles. The summed E-state index contributed by atoms with van der Waals surface area (Å²) >= 11 is 1.08. The molecule has 0 aliphatic carbocycles. The summed E-state index contributed by atoms with van der Waals surface area (Å²) in [5.74, 6) is 2.26. The maximum Gasteiger partial charge on any atom is 0.213 e. The number of aryl methyl sites for hydroxylation is 1. The Morgan fingerprint density at radius 3 is 2.79 bits per heavy atom. The van der Waals surface area contributed by atoms with Crippen LogP contribution in [0, 0.1) is 0 Å². The fourth-order valence-electron chi connectivity index (χ4n) is 5.32. The van der Waals surface area contributed by atoms with E-state index in [4.69, 9.17) is 9.99 Å². The molecule has 7 nitrogen and oxygen atoms in total. The van der Waals surface area contributed by atoms with Crippen LogP contribution in [0.3, 0.4) is 0 Å². The van der Waals surface area contributed by atoms with Crippen LogP contribution >= 0.6 is 12.0 Å². The third kappa shape index (κ3) is 7.20. The molecule has 3 aromatic carbocycles. The minimum absolute atomic E-state index is 0.689. The first-order valence-electron chi connectivity index (χ1n) is 14.5. The van der Waals surface area contributed by atoms with Gasteiger partial charge >= 0.3 is 0 Å². The molecule has 1 N–H and O–H groups in total. The molecular weight excluding hydrogens is 581 g/mol. The van der Waals surface area contributed by atoms with Crippen molar-refractivity contribution in [3.8, 4) is 5.75 Å². The highest BCUT2D eigenvalue weighted by Crippen LogP contribution is 2.40. The second-order valence-corrected chi connectivity index (χ2v) is 12.4. The van der Waals surface area contributed by atoms with E-state index in [2.05, 4.69) is 99.6 Å². The van der Waals surface area contributed by atoms with Gasteiger partial charge < -0.3 is 9.64 Å². The van der Waals surface area contributed by atoms with Gasteiger partial charge in [0.2, 0.25) is 11.4 Å². The van der Waals surface area contributed by atoms with E-state index in [1.54, 1.807) is 6.26 Å². The molecule has 1 unspecified atom stereocenters. The number of nitrogens with zero attached hydrogens (tertiary/aromatic N) is 2. The Labute approximate surface area is 259 Å². The number of hydrogen-bond donors (Lipinski definition) is 1. The number of fused-ring (bicyclic) bond motifs is 4. The van der Waals surface area contributed by atoms with Crippen molar-refractivity contribution >= 4 is 56.3 Å². The average molecular weight is 618 g/mol. The summed E-state index contributed by atoms with van der Waals surface area (Å²) in [6, 6.07) is 20.8. The van der Waals surface area contributed by atoms with Crippen molar-refractivity contribution in [2.75, 3.05) is 23.5 Å². The molecule has 0 fully saturated rings. The molecule has 5 rings (SSSR count). The average Bonchev–Trinajstić information content (AvgIpc) is 3.37. The molecule has 43 heavy (non-hydrogen) atoms. The summed E-state index contributed by atoms with van der Waals surface area (Å²) in [7, 11) is -1.05. The third-order valence-corrected chi connectivity index (χ3v) is 8.98. The lowest BCUT2D eigenvalue weighted by Gasteiger charge is -2.17. The Kier molecular flexibility index (Phi) is 10.7. The Morgan fingerprint density at radius 1 is 1.14 bits per heavy atom. The lowest BCUT2D eigenvalue weighted by molar-refractivity contribution is -0.671. The first-order valence-corrected chi connectivity index (χ1v) is 17.0. The van der Waals surface area contributed by atoms with Gasteiger partial charge in [0.25, 0.3) is 0 Å². The van der Waals surface area contributed by atoms with E-state index in [1.165, 1.54) is 21.7 Å². The van der Waals surface area contributed by atoms with Crippen molar-refractivity contribution in [2.24, 2.45) is 0 Å². The standard InChI is InChI=1S/C34H36N2O5S2/c1-4-20-36-31-24-28(43(3)38)15-17-32(31)39-33(36)18-12-25(5-2)11-13-27-19-22-35(21-8-23-42-41-40-37)30-16-14-26-9-6-7-10-29(26)34(27)30/h6-7,9-19,22,24H,4-5,8,20-21,23H2,1-3H3/p+1. The van der Waals surface area contributed by atoms with E-state index >= 15 is 0 Å². The van der Waals surface area contributed by atoms with Gasteiger partial charge in [-0.1, -0.05) is 61.4 Å². The second kappa shape index (κ2) is 14.8. The monoisotopic (exact) mass is 617 g/mol. The van der Waals surface area contributed by atoms with Crippen molar-refractivity contribution < 1.29 is 28.1 Å². The highest BCUT2D eigenvalue weighted by atomic mass is 32.2. The fourth-order valence-corrected chi connectivity index (χ4v) is 6.22.